The summed E-state index contributed by atoms with van der Waals surface area (Å²) < 4.78 is 5.79. The summed E-state index contributed by atoms with van der Waals surface area (Å²) in [5, 5.41) is 3.85. The van der Waals surface area contributed by atoms with Gasteiger partial charge in [-0.2, -0.15) is 0 Å². The number of nitrogens with zero attached hydrogens (tertiary/aromatic N) is 3. The molecule has 0 saturated heterocycles. The molecule has 0 aliphatic heterocycles. The van der Waals surface area contributed by atoms with E-state index in [9.17, 15) is 4.79 Å². The molecule has 0 radical (unpaired) electrons. The van der Waals surface area contributed by atoms with Crippen LogP contribution in [0.5, 0.6) is 0 Å². The number of aryl methyl sites for hydroxylation is 1. The zero-order valence-electron chi connectivity index (χ0n) is 7.98. The number of hydrogen-bond donors (Lipinski definition) is 0. The van der Waals surface area contributed by atoms with E-state index in [1.807, 2.05) is 13.0 Å². The largest absolute Gasteiger partial charge is 0.309 e. The SMILES string of the molecule is Cc1ccn(Cc2nnsc2Cl)c(=O)c1. The molecule has 6 heteroatoms. The lowest BCUT2D eigenvalue weighted by Gasteiger charge is -2.02. The molecule has 15 heavy (non-hydrogen) atoms. The lowest BCUT2D eigenvalue weighted by Crippen LogP contribution is -2.19. The number of halogens is 1. The Morgan fingerprint density at radius 1 is 1.60 bits per heavy atom. The van der Waals surface area contributed by atoms with Crippen molar-refractivity contribution in [2.45, 2.75) is 13.5 Å². The Morgan fingerprint density at radius 3 is 3.00 bits per heavy atom. The molecular weight excluding hydrogens is 234 g/mol. The Balaban J connectivity index is 2.33. The average molecular weight is 242 g/mol. The molecule has 0 fully saturated rings. The molecule has 0 bridgehead atoms. The number of aromatic nitrogens is 3. The Morgan fingerprint density at radius 2 is 2.40 bits per heavy atom. The standard InChI is InChI=1S/C9H8ClN3OS/c1-6-2-3-13(8(14)4-6)5-7-9(10)15-12-11-7/h2-4H,5H2,1H3. The summed E-state index contributed by atoms with van der Waals surface area (Å²) in [6.07, 6.45) is 1.73. The van der Waals surface area contributed by atoms with Crippen molar-refractivity contribution in [2.75, 3.05) is 0 Å². The van der Waals surface area contributed by atoms with Crippen molar-refractivity contribution in [1.29, 1.82) is 0 Å². The van der Waals surface area contributed by atoms with E-state index in [2.05, 4.69) is 9.59 Å². The van der Waals surface area contributed by atoms with Crippen LogP contribution in [0.4, 0.5) is 0 Å². The second-order valence-corrected chi connectivity index (χ2v) is 4.52. The molecule has 78 valence electrons. The van der Waals surface area contributed by atoms with E-state index in [4.69, 9.17) is 11.6 Å². The average Bonchev–Trinajstić information content (AvgIpc) is 2.57. The van der Waals surface area contributed by atoms with E-state index in [1.165, 1.54) is 0 Å². The molecule has 2 aromatic rings. The van der Waals surface area contributed by atoms with Gasteiger partial charge in [-0.1, -0.05) is 16.1 Å². The molecule has 4 nitrogen and oxygen atoms in total. The third-order valence-electron chi connectivity index (χ3n) is 1.98. The Bertz CT molecular complexity index is 534. The first kappa shape index (κ1) is 10.3. The van der Waals surface area contributed by atoms with Gasteiger partial charge in [-0.15, -0.1) is 5.10 Å². The minimum atomic E-state index is -0.0564. The molecule has 0 N–H and O–H groups in total. The number of pyridine rings is 1. The van der Waals surface area contributed by atoms with E-state index in [0.717, 1.165) is 17.1 Å². The van der Waals surface area contributed by atoms with E-state index >= 15 is 0 Å². The van der Waals surface area contributed by atoms with Crippen molar-refractivity contribution in [2.24, 2.45) is 0 Å². The fraction of sp³-hybridized carbons (Fsp3) is 0.222. The van der Waals surface area contributed by atoms with Gasteiger partial charge < -0.3 is 4.57 Å². The quantitative estimate of drug-likeness (QED) is 0.804. The Hall–Kier alpha value is -1.20. The van der Waals surface area contributed by atoms with Gasteiger partial charge in [0.1, 0.15) is 10.0 Å². The number of rotatable bonds is 2. The first-order valence-electron chi connectivity index (χ1n) is 4.30. The van der Waals surface area contributed by atoms with Crippen molar-refractivity contribution in [3.05, 3.63) is 44.3 Å². The lowest BCUT2D eigenvalue weighted by atomic mass is 10.3. The highest BCUT2D eigenvalue weighted by Gasteiger charge is 2.06. The van der Waals surface area contributed by atoms with Gasteiger partial charge in [-0.3, -0.25) is 4.79 Å². The maximum Gasteiger partial charge on any atom is 0.251 e. The summed E-state index contributed by atoms with van der Waals surface area (Å²) in [4.78, 5) is 11.6. The second kappa shape index (κ2) is 4.12. The predicted molar refractivity (Wildman–Crippen MR) is 59.5 cm³/mol. The summed E-state index contributed by atoms with van der Waals surface area (Å²) >= 11 is 6.97. The molecule has 0 aliphatic carbocycles. The molecule has 0 saturated carbocycles. The van der Waals surface area contributed by atoms with Crippen LogP contribution in [0.3, 0.4) is 0 Å². The minimum Gasteiger partial charge on any atom is -0.309 e. The molecule has 0 aromatic carbocycles. The maximum atomic E-state index is 11.6. The van der Waals surface area contributed by atoms with Crippen molar-refractivity contribution in [1.82, 2.24) is 14.2 Å². The first-order valence-corrected chi connectivity index (χ1v) is 5.46. The van der Waals surface area contributed by atoms with Crippen LogP contribution in [0, 0.1) is 6.92 Å². The Kier molecular flexibility index (Phi) is 2.83. The highest BCUT2D eigenvalue weighted by atomic mass is 35.5. The van der Waals surface area contributed by atoms with Gasteiger partial charge in [0.05, 0.1) is 6.54 Å². The van der Waals surface area contributed by atoms with Crippen molar-refractivity contribution >= 4 is 23.1 Å². The zero-order chi connectivity index (χ0) is 10.8. The third-order valence-corrected chi connectivity index (χ3v) is 2.97. The van der Waals surface area contributed by atoms with Crippen LogP contribution in [0.2, 0.25) is 4.34 Å². The van der Waals surface area contributed by atoms with Crippen LogP contribution in [0.15, 0.2) is 23.1 Å². The third kappa shape index (κ3) is 2.24. The lowest BCUT2D eigenvalue weighted by molar-refractivity contribution is 0.734. The second-order valence-electron chi connectivity index (χ2n) is 3.16. The highest BCUT2D eigenvalue weighted by molar-refractivity contribution is 7.10. The van der Waals surface area contributed by atoms with Gasteiger partial charge in [0, 0.05) is 23.8 Å². The van der Waals surface area contributed by atoms with Crippen LogP contribution in [0.1, 0.15) is 11.3 Å². The predicted octanol–water partition coefficient (Wildman–Crippen LogP) is 1.71. The molecule has 2 aromatic heterocycles. The summed E-state index contributed by atoms with van der Waals surface area (Å²) in [6.45, 7) is 2.25. The van der Waals surface area contributed by atoms with Crippen molar-refractivity contribution < 1.29 is 0 Å². The Labute approximate surface area is 95.3 Å². The van der Waals surface area contributed by atoms with E-state index in [0.29, 0.717) is 16.6 Å². The highest BCUT2D eigenvalue weighted by Crippen LogP contribution is 2.17. The van der Waals surface area contributed by atoms with Crippen molar-refractivity contribution in [3.63, 3.8) is 0 Å². The van der Waals surface area contributed by atoms with Gasteiger partial charge in [-0.05, 0) is 18.6 Å². The van der Waals surface area contributed by atoms with Crippen molar-refractivity contribution in [3.8, 4) is 0 Å². The molecular formula is C9H8ClN3OS. The van der Waals surface area contributed by atoms with Gasteiger partial charge >= 0.3 is 0 Å². The fourth-order valence-electron chi connectivity index (χ4n) is 1.19. The van der Waals surface area contributed by atoms with Gasteiger partial charge in [0.15, 0.2) is 0 Å². The topological polar surface area (TPSA) is 47.8 Å². The summed E-state index contributed by atoms with van der Waals surface area (Å²) in [7, 11) is 0. The van der Waals surface area contributed by atoms with E-state index in [1.54, 1.807) is 16.8 Å². The minimum absolute atomic E-state index is 0.0564. The normalized spacial score (nSPS) is 10.5. The zero-order valence-corrected chi connectivity index (χ0v) is 9.55. The summed E-state index contributed by atoms with van der Waals surface area (Å²) in [6, 6.07) is 3.45. The molecule has 0 aliphatic rings. The van der Waals surface area contributed by atoms with Gasteiger partial charge in [-0.25, -0.2) is 0 Å². The molecule has 2 rings (SSSR count). The van der Waals surface area contributed by atoms with Gasteiger partial charge in [0.25, 0.3) is 5.56 Å². The monoisotopic (exact) mass is 241 g/mol. The van der Waals surface area contributed by atoms with E-state index < -0.39 is 0 Å². The molecule has 2 heterocycles. The summed E-state index contributed by atoms with van der Waals surface area (Å²) in [5.74, 6) is 0. The number of hydrogen-bond acceptors (Lipinski definition) is 4. The maximum absolute atomic E-state index is 11.6. The summed E-state index contributed by atoms with van der Waals surface area (Å²) in [5.41, 5.74) is 1.52. The van der Waals surface area contributed by atoms with Crippen LogP contribution < -0.4 is 5.56 Å². The molecule has 0 atom stereocenters. The van der Waals surface area contributed by atoms with Gasteiger partial charge in [0.2, 0.25) is 0 Å². The van der Waals surface area contributed by atoms with E-state index in [-0.39, 0.29) is 5.56 Å². The van der Waals surface area contributed by atoms with Crippen LogP contribution in [-0.4, -0.2) is 14.2 Å². The molecule has 0 amide bonds. The first-order chi connectivity index (χ1) is 7.16. The smallest absolute Gasteiger partial charge is 0.251 e. The fourth-order valence-corrected chi connectivity index (χ4v) is 1.80. The molecule has 0 unspecified atom stereocenters. The van der Waals surface area contributed by atoms with Crippen LogP contribution in [-0.2, 0) is 6.54 Å². The molecule has 0 spiro atoms. The van der Waals surface area contributed by atoms with Crippen LogP contribution >= 0.6 is 23.1 Å². The van der Waals surface area contributed by atoms with Crippen LogP contribution in [0.25, 0.3) is 0 Å².